The van der Waals surface area contributed by atoms with Gasteiger partial charge in [-0.25, -0.2) is 0 Å². The van der Waals surface area contributed by atoms with E-state index < -0.39 is 0 Å². The molecule has 1 aliphatic heterocycles. The van der Waals surface area contributed by atoms with E-state index in [9.17, 15) is 0 Å². The van der Waals surface area contributed by atoms with Crippen molar-refractivity contribution in [2.45, 2.75) is 40.2 Å². The molecule has 2 atom stereocenters. The molecule has 2 heteroatoms. The number of benzene rings is 1. The zero-order valence-electron chi connectivity index (χ0n) is 12.8. The van der Waals surface area contributed by atoms with E-state index in [1.165, 1.54) is 30.8 Å². The second kappa shape index (κ2) is 6.42. The first-order valence-electron chi connectivity index (χ1n) is 7.70. The van der Waals surface area contributed by atoms with Gasteiger partial charge in [0.2, 0.25) is 0 Å². The molecule has 0 aromatic heterocycles. The minimum absolute atomic E-state index is 0.445. The monoisotopic (exact) mass is 260 g/mol. The lowest BCUT2D eigenvalue weighted by atomic mass is 9.95. The topological polar surface area (TPSA) is 15.3 Å². The fourth-order valence-electron chi connectivity index (χ4n) is 2.96. The standard InChI is InChI=1S/C17H28N2/c1-5-18-14(4)15-6-8-17(9-7-15)19-11-10-16(12-19)13(2)3/h6-9,13-14,16,18H,5,10-12H2,1-4H3. The number of hydrogen-bond donors (Lipinski definition) is 1. The SMILES string of the molecule is CCNC(C)c1ccc(N2CCC(C(C)C)C2)cc1. The van der Waals surface area contributed by atoms with Crippen LogP contribution < -0.4 is 10.2 Å². The Morgan fingerprint density at radius 1 is 1.21 bits per heavy atom. The summed E-state index contributed by atoms with van der Waals surface area (Å²) in [5.74, 6) is 1.67. The maximum Gasteiger partial charge on any atom is 0.0366 e. The van der Waals surface area contributed by atoms with Crippen LogP contribution in [0.4, 0.5) is 5.69 Å². The van der Waals surface area contributed by atoms with Crippen LogP contribution >= 0.6 is 0 Å². The van der Waals surface area contributed by atoms with Gasteiger partial charge in [-0.1, -0.05) is 32.9 Å². The van der Waals surface area contributed by atoms with Crippen molar-refractivity contribution in [2.75, 3.05) is 24.5 Å². The summed E-state index contributed by atoms with van der Waals surface area (Å²) in [5.41, 5.74) is 2.76. The van der Waals surface area contributed by atoms with E-state index in [0.717, 1.165) is 18.4 Å². The average Bonchev–Trinajstić information content (AvgIpc) is 2.89. The minimum Gasteiger partial charge on any atom is -0.371 e. The van der Waals surface area contributed by atoms with Crippen LogP contribution in [0.1, 0.15) is 45.7 Å². The Hall–Kier alpha value is -1.02. The highest BCUT2D eigenvalue weighted by Gasteiger charge is 2.24. The van der Waals surface area contributed by atoms with Crippen LogP contribution in [0, 0.1) is 11.8 Å². The molecule has 1 N–H and O–H groups in total. The Morgan fingerprint density at radius 2 is 1.89 bits per heavy atom. The van der Waals surface area contributed by atoms with Gasteiger partial charge >= 0.3 is 0 Å². The van der Waals surface area contributed by atoms with Gasteiger partial charge in [0, 0.05) is 24.8 Å². The number of nitrogens with zero attached hydrogens (tertiary/aromatic N) is 1. The lowest BCUT2D eigenvalue weighted by molar-refractivity contribution is 0.423. The van der Waals surface area contributed by atoms with E-state index in [2.05, 4.69) is 62.2 Å². The molecule has 0 aliphatic carbocycles. The van der Waals surface area contributed by atoms with Crippen LogP contribution in [-0.2, 0) is 0 Å². The number of anilines is 1. The van der Waals surface area contributed by atoms with E-state index in [4.69, 9.17) is 0 Å². The van der Waals surface area contributed by atoms with E-state index in [1.807, 2.05) is 0 Å². The molecular weight excluding hydrogens is 232 g/mol. The molecule has 1 aliphatic rings. The molecular formula is C17H28N2. The second-order valence-corrected chi connectivity index (χ2v) is 6.11. The summed E-state index contributed by atoms with van der Waals surface area (Å²) in [4.78, 5) is 2.53. The van der Waals surface area contributed by atoms with E-state index in [1.54, 1.807) is 0 Å². The van der Waals surface area contributed by atoms with Gasteiger partial charge in [-0.3, -0.25) is 0 Å². The summed E-state index contributed by atoms with van der Waals surface area (Å²) < 4.78 is 0. The van der Waals surface area contributed by atoms with E-state index in [0.29, 0.717) is 6.04 Å². The maximum atomic E-state index is 3.46. The Kier molecular flexibility index (Phi) is 4.87. The summed E-state index contributed by atoms with van der Waals surface area (Å²) in [6.45, 7) is 12.5. The minimum atomic E-state index is 0.445. The van der Waals surface area contributed by atoms with Crippen LogP contribution in [0.2, 0.25) is 0 Å². The first kappa shape index (κ1) is 14.4. The first-order valence-corrected chi connectivity index (χ1v) is 7.70. The van der Waals surface area contributed by atoms with Crippen molar-refractivity contribution in [3.05, 3.63) is 29.8 Å². The first-order chi connectivity index (χ1) is 9.11. The third-order valence-electron chi connectivity index (χ3n) is 4.44. The highest BCUT2D eigenvalue weighted by Crippen LogP contribution is 2.28. The van der Waals surface area contributed by atoms with Crippen LogP contribution in [0.3, 0.4) is 0 Å². The predicted molar refractivity (Wildman–Crippen MR) is 83.7 cm³/mol. The molecule has 0 radical (unpaired) electrons. The Balaban J connectivity index is 1.99. The number of rotatable bonds is 5. The van der Waals surface area contributed by atoms with Crippen LogP contribution in [0.15, 0.2) is 24.3 Å². The Labute approximate surface area is 118 Å². The molecule has 0 spiro atoms. The quantitative estimate of drug-likeness (QED) is 0.865. The average molecular weight is 260 g/mol. The van der Waals surface area contributed by atoms with Crippen molar-refractivity contribution < 1.29 is 0 Å². The molecule has 2 unspecified atom stereocenters. The lowest BCUT2D eigenvalue weighted by Gasteiger charge is -2.21. The summed E-state index contributed by atoms with van der Waals surface area (Å²) in [6, 6.07) is 9.55. The fourth-order valence-corrected chi connectivity index (χ4v) is 2.96. The van der Waals surface area contributed by atoms with Crippen molar-refractivity contribution >= 4 is 5.69 Å². The smallest absolute Gasteiger partial charge is 0.0366 e. The van der Waals surface area contributed by atoms with Crippen LogP contribution in [0.25, 0.3) is 0 Å². The van der Waals surface area contributed by atoms with Gasteiger partial charge in [0.05, 0.1) is 0 Å². The maximum absolute atomic E-state index is 3.46. The van der Waals surface area contributed by atoms with Crippen LogP contribution in [-0.4, -0.2) is 19.6 Å². The molecule has 2 rings (SSSR count). The molecule has 1 aromatic carbocycles. The summed E-state index contributed by atoms with van der Waals surface area (Å²) in [7, 11) is 0. The van der Waals surface area contributed by atoms with Gasteiger partial charge in [0.15, 0.2) is 0 Å². The molecule has 1 fully saturated rings. The molecule has 1 aromatic rings. The fraction of sp³-hybridized carbons (Fsp3) is 0.647. The molecule has 0 amide bonds. The molecule has 19 heavy (non-hydrogen) atoms. The van der Waals surface area contributed by atoms with Gasteiger partial charge < -0.3 is 10.2 Å². The van der Waals surface area contributed by atoms with Gasteiger partial charge in [-0.15, -0.1) is 0 Å². The van der Waals surface area contributed by atoms with Crippen molar-refractivity contribution in [1.82, 2.24) is 5.32 Å². The van der Waals surface area contributed by atoms with Gasteiger partial charge in [0.1, 0.15) is 0 Å². The molecule has 1 heterocycles. The normalized spacial score (nSPS) is 21.1. The second-order valence-electron chi connectivity index (χ2n) is 6.11. The van der Waals surface area contributed by atoms with E-state index >= 15 is 0 Å². The largest absolute Gasteiger partial charge is 0.371 e. The zero-order chi connectivity index (χ0) is 13.8. The van der Waals surface area contributed by atoms with Crippen molar-refractivity contribution in [3.63, 3.8) is 0 Å². The van der Waals surface area contributed by atoms with Gasteiger partial charge in [-0.2, -0.15) is 0 Å². The zero-order valence-corrected chi connectivity index (χ0v) is 12.8. The van der Waals surface area contributed by atoms with Crippen molar-refractivity contribution in [3.8, 4) is 0 Å². The number of hydrogen-bond acceptors (Lipinski definition) is 2. The summed E-state index contributed by atoms with van der Waals surface area (Å²) >= 11 is 0. The highest BCUT2D eigenvalue weighted by atomic mass is 15.1. The molecule has 1 saturated heterocycles. The van der Waals surface area contributed by atoms with Crippen molar-refractivity contribution in [1.29, 1.82) is 0 Å². The summed E-state index contributed by atoms with van der Waals surface area (Å²) in [6.07, 6.45) is 1.34. The van der Waals surface area contributed by atoms with E-state index in [-0.39, 0.29) is 0 Å². The van der Waals surface area contributed by atoms with Crippen LogP contribution in [0.5, 0.6) is 0 Å². The third kappa shape index (κ3) is 3.50. The Bertz CT molecular complexity index is 383. The van der Waals surface area contributed by atoms with Crippen molar-refractivity contribution in [2.24, 2.45) is 11.8 Å². The lowest BCUT2D eigenvalue weighted by Crippen LogP contribution is -2.21. The summed E-state index contributed by atoms with van der Waals surface area (Å²) in [5, 5.41) is 3.46. The highest BCUT2D eigenvalue weighted by molar-refractivity contribution is 5.49. The van der Waals surface area contributed by atoms with Gasteiger partial charge in [0.25, 0.3) is 0 Å². The van der Waals surface area contributed by atoms with Gasteiger partial charge in [-0.05, 0) is 49.4 Å². The molecule has 106 valence electrons. The number of nitrogens with one attached hydrogen (secondary N) is 1. The molecule has 2 nitrogen and oxygen atoms in total. The predicted octanol–water partition coefficient (Wildman–Crippen LogP) is 3.84. The molecule has 0 bridgehead atoms. The third-order valence-corrected chi connectivity index (χ3v) is 4.44. The Morgan fingerprint density at radius 3 is 2.42 bits per heavy atom. The molecule has 0 saturated carbocycles.